The molecule has 0 aromatic carbocycles. The van der Waals surface area contributed by atoms with Crippen LogP contribution >= 0.6 is 11.3 Å². The number of nitrogens with one attached hydrogen (secondary N) is 1. The van der Waals surface area contributed by atoms with Gasteiger partial charge in [0.2, 0.25) is 0 Å². The molecule has 1 unspecified atom stereocenters. The number of hydrogen-bond donors (Lipinski definition) is 1. The Morgan fingerprint density at radius 1 is 1.42 bits per heavy atom. The maximum atomic E-state index is 4.28. The van der Waals surface area contributed by atoms with Crippen LogP contribution < -0.4 is 5.32 Å². The van der Waals surface area contributed by atoms with E-state index in [1.54, 1.807) is 0 Å². The second-order valence-corrected chi connectivity index (χ2v) is 5.89. The van der Waals surface area contributed by atoms with Crippen molar-refractivity contribution in [2.24, 2.45) is 7.05 Å². The summed E-state index contributed by atoms with van der Waals surface area (Å²) in [7, 11) is 2.02. The molecule has 0 amide bonds. The van der Waals surface area contributed by atoms with Gasteiger partial charge >= 0.3 is 0 Å². The van der Waals surface area contributed by atoms with Crippen LogP contribution in [0.4, 0.5) is 0 Å². The third-order valence-electron chi connectivity index (χ3n) is 3.35. The Balaban J connectivity index is 1.89. The van der Waals surface area contributed by atoms with Crippen LogP contribution in [0.5, 0.6) is 0 Å². The largest absolute Gasteiger partial charge is 0.309 e. The summed E-state index contributed by atoms with van der Waals surface area (Å²) >= 11 is 1.86. The van der Waals surface area contributed by atoms with Crippen LogP contribution in [0, 0.1) is 0 Å². The number of aromatic nitrogens is 2. The van der Waals surface area contributed by atoms with Gasteiger partial charge in [0.25, 0.3) is 0 Å². The first-order valence-electron chi connectivity index (χ1n) is 7.05. The van der Waals surface area contributed by atoms with Crippen LogP contribution in [-0.2, 0) is 13.5 Å². The van der Waals surface area contributed by atoms with Gasteiger partial charge in [-0.05, 0) is 49.7 Å². The van der Waals surface area contributed by atoms with E-state index >= 15 is 0 Å². The van der Waals surface area contributed by atoms with E-state index in [1.165, 1.54) is 29.8 Å². The van der Waals surface area contributed by atoms with Gasteiger partial charge in [-0.3, -0.25) is 4.68 Å². The van der Waals surface area contributed by atoms with Crippen molar-refractivity contribution in [1.82, 2.24) is 15.1 Å². The number of hydrogen-bond acceptors (Lipinski definition) is 3. The minimum absolute atomic E-state index is 0.424. The second kappa shape index (κ2) is 7.46. The summed E-state index contributed by atoms with van der Waals surface area (Å²) in [5.74, 6) is 0. The van der Waals surface area contributed by atoms with E-state index in [2.05, 4.69) is 40.9 Å². The minimum Gasteiger partial charge on any atom is -0.309 e. The van der Waals surface area contributed by atoms with Gasteiger partial charge < -0.3 is 5.32 Å². The molecule has 4 heteroatoms. The summed E-state index contributed by atoms with van der Waals surface area (Å²) in [4.78, 5) is 1.49. The molecule has 0 aliphatic rings. The van der Waals surface area contributed by atoms with Crippen molar-refractivity contribution >= 4 is 11.3 Å². The van der Waals surface area contributed by atoms with Crippen molar-refractivity contribution in [3.8, 4) is 0 Å². The molecule has 0 fully saturated rings. The normalized spacial score (nSPS) is 12.7. The molecule has 2 aromatic heterocycles. The third-order valence-corrected chi connectivity index (χ3v) is 4.29. The van der Waals surface area contributed by atoms with Crippen LogP contribution in [0.2, 0.25) is 0 Å². The van der Waals surface area contributed by atoms with Crippen LogP contribution in [-0.4, -0.2) is 16.3 Å². The van der Waals surface area contributed by atoms with Gasteiger partial charge in [-0.15, -0.1) is 11.3 Å². The first-order valence-corrected chi connectivity index (χ1v) is 7.93. The van der Waals surface area contributed by atoms with E-state index in [-0.39, 0.29) is 0 Å². The minimum atomic E-state index is 0.424. The highest BCUT2D eigenvalue weighted by Gasteiger charge is 2.13. The SMILES string of the molecule is CCCNC(CCCc1cccs1)c1ccnn1C. The van der Waals surface area contributed by atoms with Gasteiger partial charge in [0.05, 0.1) is 5.69 Å². The highest BCUT2D eigenvalue weighted by molar-refractivity contribution is 7.09. The van der Waals surface area contributed by atoms with E-state index in [4.69, 9.17) is 0 Å². The molecule has 2 heterocycles. The van der Waals surface area contributed by atoms with Crippen LogP contribution in [0.25, 0.3) is 0 Å². The summed E-state index contributed by atoms with van der Waals surface area (Å²) in [5.41, 5.74) is 1.29. The second-order valence-electron chi connectivity index (χ2n) is 4.86. The highest BCUT2D eigenvalue weighted by Crippen LogP contribution is 2.20. The summed E-state index contributed by atoms with van der Waals surface area (Å²) < 4.78 is 1.98. The predicted octanol–water partition coefficient (Wildman–Crippen LogP) is 3.55. The lowest BCUT2D eigenvalue weighted by atomic mass is 10.1. The zero-order valence-electron chi connectivity index (χ0n) is 11.8. The van der Waals surface area contributed by atoms with Crippen molar-refractivity contribution < 1.29 is 0 Å². The molecular formula is C15H23N3S. The van der Waals surface area contributed by atoms with Gasteiger partial charge in [-0.2, -0.15) is 5.10 Å². The van der Waals surface area contributed by atoms with E-state index < -0.39 is 0 Å². The lowest BCUT2D eigenvalue weighted by Crippen LogP contribution is -2.24. The molecule has 3 nitrogen and oxygen atoms in total. The zero-order chi connectivity index (χ0) is 13.5. The molecule has 1 N–H and O–H groups in total. The number of nitrogens with zero attached hydrogens (tertiary/aromatic N) is 2. The maximum absolute atomic E-state index is 4.28. The van der Waals surface area contributed by atoms with Crippen molar-refractivity contribution in [1.29, 1.82) is 0 Å². The van der Waals surface area contributed by atoms with E-state index in [9.17, 15) is 0 Å². The molecule has 0 radical (unpaired) electrons. The van der Waals surface area contributed by atoms with Crippen molar-refractivity contribution in [2.75, 3.05) is 6.54 Å². The van der Waals surface area contributed by atoms with Gasteiger partial charge in [-0.25, -0.2) is 0 Å². The first-order chi connectivity index (χ1) is 9.31. The maximum Gasteiger partial charge on any atom is 0.0550 e. The zero-order valence-corrected chi connectivity index (χ0v) is 12.6. The highest BCUT2D eigenvalue weighted by atomic mass is 32.1. The fourth-order valence-corrected chi connectivity index (χ4v) is 3.09. The molecule has 1 atom stereocenters. The monoisotopic (exact) mass is 277 g/mol. The Hall–Kier alpha value is -1.13. The lowest BCUT2D eigenvalue weighted by molar-refractivity contribution is 0.456. The Bertz CT molecular complexity index is 461. The average Bonchev–Trinajstić information content (AvgIpc) is 3.05. The standard InChI is InChI=1S/C15H23N3S/c1-3-10-16-14(15-9-11-17-18(15)2)8-4-6-13-7-5-12-19-13/h5,7,9,11-12,14,16H,3-4,6,8,10H2,1-2H3. The van der Waals surface area contributed by atoms with Crippen molar-refractivity contribution in [3.05, 3.63) is 40.3 Å². The molecule has 2 rings (SSSR count). The Labute approximate surface area is 119 Å². The smallest absolute Gasteiger partial charge is 0.0550 e. The Morgan fingerprint density at radius 3 is 2.95 bits per heavy atom. The summed E-state index contributed by atoms with van der Waals surface area (Å²) in [6.45, 7) is 3.27. The molecule has 104 valence electrons. The van der Waals surface area contributed by atoms with Gasteiger partial charge in [0.1, 0.15) is 0 Å². The molecule has 19 heavy (non-hydrogen) atoms. The molecule has 0 aliphatic heterocycles. The molecule has 0 saturated carbocycles. The Morgan fingerprint density at radius 2 is 2.32 bits per heavy atom. The first kappa shape index (κ1) is 14.3. The van der Waals surface area contributed by atoms with Gasteiger partial charge in [0.15, 0.2) is 0 Å². The van der Waals surface area contributed by atoms with Gasteiger partial charge in [-0.1, -0.05) is 13.0 Å². The number of thiophene rings is 1. The van der Waals surface area contributed by atoms with Crippen LogP contribution in [0.1, 0.15) is 42.8 Å². The molecule has 0 aliphatic carbocycles. The van der Waals surface area contributed by atoms with E-state index in [0.29, 0.717) is 6.04 Å². The average molecular weight is 277 g/mol. The molecular weight excluding hydrogens is 254 g/mol. The quantitative estimate of drug-likeness (QED) is 0.800. The topological polar surface area (TPSA) is 29.9 Å². The summed E-state index contributed by atoms with van der Waals surface area (Å²) in [6, 6.07) is 6.91. The van der Waals surface area contributed by atoms with Crippen molar-refractivity contribution in [2.45, 2.75) is 38.6 Å². The lowest BCUT2D eigenvalue weighted by Gasteiger charge is -2.18. The predicted molar refractivity (Wildman–Crippen MR) is 81.5 cm³/mol. The summed E-state index contributed by atoms with van der Waals surface area (Å²) in [5, 5.41) is 10.1. The molecule has 0 bridgehead atoms. The molecule has 2 aromatic rings. The van der Waals surface area contributed by atoms with Gasteiger partial charge in [0, 0.05) is 24.2 Å². The summed E-state index contributed by atoms with van der Waals surface area (Å²) in [6.07, 6.45) is 6.61. The van der Waals surface area contributed by atoms with Crippen LogP contribution in [0.15, 0.2) is 29.8 Å². The molecule has 0 spiro atoms. The fraction of sp³-hybridized carbons (Fsp3) is 0.533. The number of aryl methyl sites for hydroxylation is 2. The Kier molecular flexibility index (Phi) is 5.61. The number of rotatable bonds is 8. The third kappa shape index (κ3) is 4.18. The van der Waals surface area contributed by atoms with E-state index in [0.717, 1.165) is 13.0 Å². The van der Waals surface area contributed by atoms with Crippen molar-refractivity contribution in [3.63, 3.8) is 0 Å². The fourth-order valence-electron chi connectivity index (χ4n) is 2.33. The van der Waals surface area contributed by atoms with E-state index in [1.807, 2.05) is 29.3 Å². The van der Waals surface area contributed by atoms with Crippen LogP contribution in [0.3, 0.4) is 0 Å². The molecule has 0 saturated heterocycles.